The van der Waals surface area contributed by atoms with Gasteiger partial charge in [0, 0.05) is 12.8 Å². The molecule has 0 aromatic carbocycles. The van der Waals surface area contributed by atoms with Crippen LogP contribution in [-0.4, -0.2) is 47.4 Å². The van der Waals surface area contributed by atoms with Crippen molar-refractivity contribution in [3.63, 3.8) is 0 Å². The molecule has 2 unspecified atom stereocenters. The second kappa shape index (κ2) is 65.6. The maximum Gasteiger partial charge on any atom is 0.305 e. The minimum atomic E-state index is -0.661. The van der Waals surface area contributed by atoms with E-state index in [1.807, 2.05) is 0 Å². The maximum absolute atomic E-state index is 12.5. The van der Waals surface area contributed by atoms with E-state index in [4.69, 9.17) is 4.74 Å². The first-order valence-corrected chi connectivity index (χ1v) is 34.2. The Kier molecular flexibility index (Phi) is 63.9. The molecule has 0 fully saturated rings. The number of carbonyl (C=O) groups excluding carboxylic acids is 2. The lowest BCUT2D eigenvalue weighted by Crippen LogP contribution is -2.45. The van der Waals surface area contributed by atoms with Gasteiger partial charge in [-0.3, -0.25) is 9.59 Å². The van der Waals surface area contributed by atoms with Crippen LogP contribution < -0.4 is 5.32 Å². The molecule has 0 heterocycles. The molecule has 76 heavy (non-hydrogen) atoms. The van der Waals surface area contributed by atoms with E-state index in [9.17, 15) is 19.8 Å². The number of nitrogens with one attached hydrogen (secondary N) is 1. The Balaban J connectivity index is 3.34. The van der Waals surface area contributed by atoms with E-state index in [-0.39, 0.29) is 18.5 Å². The molecule has 0 spiro atoms. The molecular weight excluding hydrogens is 935 g/mol. The van der Waals surface area contributed by atoms with Crippen LogP contribution in [0, 0.1) is 0 Å². The predicted molar refractivity (Wildman–Crippen MR) is 333 cm³/mol. The van der Waals surface area contributed by atoms with Crippen molar-refractivity contribution >= 4 is 11.9 Å². The number of rotatable bonds is 64. The fourth-order valence-corrected chi connectivity index (χ4v) is 10.7. The molecule has 0 aliphatic heterocycles. The van der Waals surface area contributed by atoms with E-state index in [2.05, 4.69) is 55.6 Å². The second-order valence-corrected chi connectivity index (χ2v) is 23.5. The summed E-state index contributed by atoms with van der Waals surface area (Å²) >= 11 is 0. The van der Waals surface area contributed by atoms with E-state index in [1.165, 1.54) is 289 Å². The maximum atomic E-state index is 12.5. The van der Waals surface area contributed by atoms with Crippen LogP contribution in [-0.2, 0) is 14.3 Å². The highest BCUT2D eigenvalue weighted by Crippen LogP contribution is 2.18. The quantitative estimate of drug-likeness (QED) is 0.0320. The van der Waals surface area contributed by atoms with Gasteiger partial charge in [-0.2, -0.15) is 0 Å². The highest BCUT2D eigenvalue weighted by Gasteiger charge is 2.20. The lowest BCUT2D eigenvalue weighted by Gasteiger charge is -2.22. The van der Waals surface area contributed by atoms with E-state index >= 15 is 0 Å². The van der Waals surface area contributed by atoms with E-state index in [1.54, 1.807) is 0 Å². The average Bonchev–Trinajstić information content (AvgIpc) is 3.42. The number of aliphatic hydroxyl groups excluding tert-OH is 2. The van der Waals surface area contributed by atoms with Gasteiger partial charge in [-0.15, -0.1) is 0 Å². The van der Waals surface area contributed by atoms with E-state index < -0.39 is 12.1 Å². The number of amides is 1. The number of allylic oxidation sites excluding steroid dienone is 6. The summed E-state index contributed by atoms with van der Waals surface area (Å²) in [4.78, 5) is 24.5. The molecule has 0 aromatic heterocycles. The summed E-state index contributed by atoms with van der Waals surface area (Å²) in [7, 11) is 0. The van der Waals surface area contributed by atoms with Crippen LogP contribution >= 0.6 is 0 Å². The normalized spacial score (nSPS) is 12.7. The summed E-state index contributed by atoms with van der Waals surface area (Å²) in [6.07, 6.45) is 83.4. The standard InChI is InChI=1S/C70H133NO5/c1-3-5-7-9-11-13-15-16-17-37-40-44-48-52-56-60-64-70(75)76-65-61-57-53-49-45-41-38-35-33-31-29-27-25-23-21-19-18-20-22-24-26-28-30-32-34-36-39-43-47-51-55-59-63-69(74)71-67(66-72)68(73)62-58-54-50-46-42-14-12-10-8-6-4-2/h13,15,17,21,23,37,67-68,72-73H,3-12,14,16,18-20,22,24-36,38-66H2,1-2H3,(H,71,74)/b15-13-,23-21-,37-17-. The molecule has 0 aliphatic carbocycles. The van der Waals surface area contributed by atoms with Crippen LogP contribution in [0.1, 0.15) is 373 Å². The summed E-state index contributed by atoms with van der Waals surface area (Å²) in [5, 5.41) is 23.2. The zero-order valence-electron chi connectivity index (χ0n) is 51.3. The fourth-order valence-electron chi connectivity index (χ4n) is 10.7. The largest absolute Gasteiger partial charge is 0.466 e. The molecule has 6 nitrogen and oxygen atoms in total. The van der Waals surface area contributed by atoms with Gasteiger partial charge in [0.25, 0.3) is 0 Å². The molecule has 0 aromatic rings. The first-order chi connectivity index (χ1) is 37.5. The number of hydrogen-bond donors (Lipinski definition) is 3. The van der Waals surface area contributed by atoms with Crippen molar-refractivity contribution in [2.45, 2.75) is 386 Å². The van der Waals surface area contributed by atoms with Gasteiger partial charge < -0.3 is 20.3 Å². The van der Waals surface area contributed by atoms with Gasteiger partial charge in [-0.25, -0.2) is 0 Å². The average molecular weight is 1070 g/mol. The van der Waals surface area contributed by atoms with Gasteiger partial charge in [0.15, 0.2) is 0 Å². The Morgan fingerprint density at radius 3 is 1.03 bits per heavy atom. The molecule has 0 saturated heterocycles. The van der Waals surface area contributed by atoms with Crippen molar-refractivity contribution in [1.29, 1.82) is 0 Å². The molecule has 2 atom stereocenters. The molecule has 0 saturated carbocycles. The number of carbonyl (C=O) groups is 2. The molecule has 0 rings (SSSR count). The van der Waals surface area contributed by atoms with Gasteiger partial charge in [0.2, 0.25) is 5.91 Å². The third-order valence-electron chi connectivity index (χ3n) is 15.9. The number of aliphatic hydroxyl groups is 2. The zero-order valence-corrected chi connectivity index (χ0v) is 51.3. The van der Waals surface area contributed by atoms with Crippen molar-refractivity contribution in [1.82, 2.24) is 5.32 Å². The smallest absolute Gasteiger partial charge is 0.305 e. The Bertz CT molecular complexity index is 1230. The third-order valence-corrected chi connectivity index (χ3v) is 15.9. The third kappa shape index (κ3) is 61.3. The fraction of sp³-hybridized carbons (Fsp3) is 0.886. The topological polar surface area (TPSA) is 95.9 Å². The molecule has 0 radical (unpaired) electrons. The number of ether oxygens (including phenoxy) is 1. The van der Waals surface area contributed by atoms with Crippen molar-refractivity contribution in [3.05, 3.63) is 36.5 Å². The Labute approximate surface area is 474 Å². The molecule has 448 valence electrons. The summed E-state index contributed by atoms with van der Waals surface area (Å²) < 4.78 is 5.49. The Morgan fingerprint density at radius 1 is 0.368 bits per heavy atom. The second-order valence-electron chi connectivity index (χ2n) is 23.5. The SMILES string of the molecule is CCCCCC/C=C\C/C=C\CCCCCCCC(=O)OCCCCCCCCCCCCCC/C=C\CCCCCCCCCCCCCCCCCCC(=O)NC(CO)C(O)CCCCCCCCCCCCC. The predicted octanol–water partition coefficient (Wildman–Crippen LogP) is 21.9. The Morgan fingerprint density at radius 2 is 0.658 bits per heavy atom. The Hall–Kier alpha value is -1.92. The first-order valence-electron chi connectivity index (χ1n) is 34.2. The zero-order chi connectivity index (χ0) is 55.0. The molecule has 6 heteroatoms. The lowest BCUT2D eigenvalue weighted by molar-refractivity contribution is -0.143. The van der Waals surface area contributed by atoms with Crippen molar-refractivity contribution in [2.24, 2.45) is 0 Å². The van der Waals surface area contributed by atoms with Crippen LogP contribution in [0.2, 0.25) is 0 Å². The van der Waals surface area contributed by atoms with Gasteiger partial charge in [0.05, 0.1) is 25.4 Å². The van der Waals surface area contributed by atoms with Crippen LogP contribution in [0.15, 0.2) is 36.5 Å². The highest BCUT2D eigenvalue weighted by atomic mass is 16.5. The van der Waals surface area contributed by atoms with Gasteiger partial charge in [-0.05, 0) is 83.5 Å². The highest BCUT2D eigenvalue weighted by molar-refractivity contribution is 5.76. The molecule has 0 aliphatic rings. The van der Waals surface area contributed by atoms with Gasteiger partial charge in [0.1, 0.15) is 0 Å². The van der Waals surface area contributed by atoms with Crippen molar-refractivity contribution in [3.8, 4) is 0 Å². The minimum Gasteiger partial charge on any atom is -0.466 e. The monoisotopic (exact) mass is 1070 g/mol. The van der Waals surface area contributed by atoms with E-state index in [0.29, 0.717) is 25.9 Å². The van der Waals surface area contributed by atoms with E-state index in [0.717, 1.165) is 51.4 Å². The van der Waals surface area contributed by atoms with Crippen molar-refractivity contribution < 1.29 is 24.5 Å². The number of hydrogen-bond acceptors (Lipinski definition) is 5. The number of esters is 1. The van der Waals surface area contributed by atoms with Crippen LogP contribution in [0.5, 0.6) is 0 Å². The summed E-state index contributed by atoms with van der Waals surface area (Å²) in [5.74, 6) is -0.0272. The van der Waals surface area contributed by atoms with Crippen LogP contribution in [0.4, 0.5) is 0 Å². The summed E-state index contributed by atoms with van der Waals surface area (Å²) in [5.41, 5.74) is 0. The molecule has 0 bridgehead atoms. The molecular formula is C70H133NO5. The first kappa shape index (κ1) is 74.1. The lowest BCUT2D eigenvalue weighted by atomic mass is 10.0. The summed E-state index contributed by atoms with van der Waals surface area (Å²) in [6, 6.07) is -0.538. The van der Waals surface area contributed by atoms with Crippen LogP contribution in [0.3, 0.4) is 0 Å². The molecule has 3 N–H and O–H groups in total. The summed E-state index contributed by atoms with van der Waals surface area (Å²) in [6.45, 7) is 4.94. The van der Waals surface area contributed by atoms with Crippen LogP contribution in [0.25, 0.3) is 0 Å². The minimum absolute atomic E-state index is 0.00487. The van der Waals surface area contributed by atoms with Gasteiger partial charge >= 0.3 is 5.97 Å². The van der Waals surface area contributed by atoms with Gasteiger partial charge in [-0.1, -0.05) is 314 Å². The number of unbranched alkanes of at least 4 members (excludes halogenated alkanes) is 47. The van der Waals surface area contributed by atoms with Crippen molar-refractivity contribution in [2.75, 3.05) is 13.2 Å². The molecule has 1 amide bonds.